The van der Waals surface area contributed by atoms with Crippen molar-refractivity contribution in [2.75, 3.05) is 0 Å². The molecule has 0 aliphatic heterocycles. The highest BCUT2D eigenvalue weighted by Gasteiger charge is 2.24. The average Bonchev–Trinajstić information content (AvgIpc) is 2.81. The Morgan fingerprint density at radius 1 is 1.42 bits per heavy atom. The largest absolute Gasteiger partial charge is 0.476 e. The fraction of sp³-hybridized carbons (Fsp3) is 0.500. The number of thiazole rings is 1. The lowest BCUT2D eigenvalue weighted by Gasteiger charge is -2.08. The van der Waals surface area contributed by atoms with Crippen LogP contribution in [0.5, 0.6) is 0 Å². The summed E-state index contributed by atoms with van der Waals surface area (Å²) in [7, 11) is 0. The van der Waals surface area contributed by atoms with Gasteiger partial charge in [-0.05, 0) is 19.8 Å². The van der Waals surface area contributed by atoms with Gasteiger partial charge in [-0.25, -0.2) is 14.5 Å². The number of carbonyl (C=O) groups is 1. The lowest BCUT2D eigenvalue weighted by atomic mass is 10.2. The van der Waals surface area contributed by atoms with Crippen LogP contribution in [-0.4, -0.2) is 31.1 Å². The molecule has 0 aliphatic carbocycles. The molecule has 0 aromatic carbocycles. The predicted molar refractivity (Wildman–Crippen MR) is 72.4 cm³/mol. The van der Waals surface area contributed by atoms with Gasteiger partial charge in [0, 0.05) is 6.54 Å². The van der Waals surface area contributed by atoms with E-state index in [4.69, 9.17) is 0 Å². The summed E-state index contributed by atoms with van der Waals surface area (Å²) in [5.41, 5.74) is 1.37. The van der Waals surface area contributed by atoms with Crippen molar-refractivity contribution in [3.8, 4) is 10.6 Å². The first-order chi connectivity index (χ1) is 8.90. The third kappa shape index (κ3) is 2.65. The van der Waals surface area contributed by atoms with Crippen molar-refractivity contribution in [2.24, 2.45) is 5.92 Å². The summed E-state index contributed by atoms with van der Waals surface area (Å²) in [5, 5.41) is 17.9. The van der Waals surface area contributed by atoms with Crippen LogP contribution in [0.3, 0.4) is 0 Å². The molecule has 2 heterocycles. The van der Waals surface area contributed by atoms with Crippen molar-refractivity contribution in [1.82, 2.24) is 20.0 Å². The highest BCUT2D eigenvalue weighted by atomic mass is 32.1. The van der Waals surface area contributed by atoms with Crippen molar-refractivity contribution < 1.29 is 9.90 Å². The van der Waals surface area contributed by atoms with E-state index < -0.39 is 5.97 Å². The fourth-order valence-electron chi connectivity index (χ4n) is 1.91. The highest BCUT2D eigenvalue weighted by molar-refractivity contribution is 7.15. The van der Waals surface area contributed by atoms with Crippen LogP contribution >= 0.6 is 11.3 Å². The van der Waals surface area contributed by atoms with E-state index in [9.17, 15) is 9.90 Å². The minimum Gasteiger partial charge on any atom is -0.476 e. The number of aromatic nitrogens is 4. The van der Waals surface area contributed by atoms with Gasteiger partial charge < -0.3 is 5.11 Å². The molecule has 0 bridgehead atoms. The maximum atomic E-state index is 11.3. The van der Waals surface area contributed by atoms with Gasteiger partial charge in [-0.2, -0.15) is 0 Å². The minimum atomic E-state index is -1.06. The first-order valence-corrected chi connectivity index (χ1v) is 6.83. The molecule has 0 unspecified atom stereocenters. The number of rotatable bonds is 4. The summed E-state index contributed by atoms with van der Waals surface area (Å²) >= 11 is 1.47. The predicted octanol–water partition coefficient (Wildman–Crippen LogP) is 2.37. The lowest BCUT2D eigenvalue weighted by Crippen LogP contribution is -2.09. The summed E-state index contributed by atoms with van der Waals surface area (Å²) < 4.78 is 1.66. The molecule has 0 amide bonds. The molecule has 6 nitrogen and oxygen atoms in total. The third-order valence-corrected chi connectivity index (χ3v) is 3.67. The van der Waals surface area contributed by atoms with Gasteiger partial charge in [0.25, 0.3) is 0 Å². The van der Waals surface area contributed by atoms with E-state index in [1.165, 1.54) is 11.3 Å². The van der Waals surface area contributed by atoms with Gasteiger partial charge in [0.15, 0.2) is 5.69 Å². The average molecular weight is 280 g/mol. The Morgan fingerprint density at radius 2 is 2.11 bits per heavy atom. The molecular formula is C12H16N4O2S. The van der Waals surface area contributed by atoms with Crippen LogP contribution in [0.2, 0.25) is 0 Å². The van der Waals surface area contributed by atoms with Crippen LogP contribution in [0.1, 0.15) is 35.0 Å². The van der Waals surface area contributed by atoms with Crippen LogP contribution in [0.4, 0.5) is 0 Å². The molecule has 2 rings (SSSR count). The van der Waals surface area contributed by atoms with E-state index in [2.05, 4.69) is 29.1 Å². The lowest BCUT2D eigenvalue weighted by molar-refractivity contribution is 0.0691. The van der Waals surface area contributed by atoms with E-state index in [0.717, 1.165) is 15.6 Å². The van der Waals surface area contributed by atoms with Crippen molar-refractivity contribution in [3.63, 3.8) is 0 Å². The molecule has 2 aromatic heterocycles. The molecular weight excluding hydrogens is 264 g/mol. The van der Waals surface area contributed by atoms with E-state index in [1.54, 1.807) is 4.68 Å². The van der Waals surface area contributed by atoms with Crippen molar-refractivity contribution >= 4 is 17.3 Å². The van der Waals surface area contributed by atoms with Crippen molar-refractivity contribution in [2.45, 2.75) is 34.2 Å². The first kappa shape index (κ1) is 13.7. The Hall–Kier alpha value is -1.76. The summed E-state index contributed by atoms with van der Waals surface area (Å²) in [6.07, 6.45) is 0. The molecule has 0 spiro atoms. The standard InChI is InChI=1S/C12H16N4O2S/c1-6(2)5-16-10(9(12(17)18)14-15-16)11-7(3)13-8(4)19-11/h6H,5H2,1-4H3,(H,17,18). The molecule has 0 saturated carbocycles. The molecule has 0 saturated heterocycles. The summed E-state index contributed by atoms with van der Waals surface area (Å²) in [6.45, 7) is 8.51. The number of carboxylic acids is 1. The number of carboxylic acid groups (broad SMARTS) is 1. The summed E-state index contributed by atoms with van der Waals surface area (Å²) in [6, 6.07) is 0. The summed E-state index contributed by atoms with van der Waals surface area (Å²) in [4.78, 5) is 16.5. The molecule has 2 aromatic rings. The first-order valence-electron chi connectivity index (χ1n) is 6.01. The molecule has 0 fully saturated rings. The maximum Gasteiger partial charge on any atom is 0.358 e. The molecule has 1 N–H and O–H groups in total. The fourth-order valence-corrected chi connectivity index (χ4v) is 2.88. The van der Waals surface area contributed by atoms with Gasteiger partial charge in [-0.1, -0.05) is 19.1 Å². The molecule has 102 valence electrons. The molecule has 0 radical (unpaired) electrons. The Kier molecular flexibility index (Phi) is 3.66. The van der Waals surface area contributed by atoms with Crippen LogP contribution < -0.4 is 0 Å². The Labute approximate surface area is 115 Å². The Balaban J connectivity index is 2.61. The van der Waals surface area contributed by atoms with Gasteiger partial charge in [0.05, 0.1) is 15.6 Å². The van der Waals surface area contributed by atoms with Crippen LogP contribution in [0, 0.1) is 19.8 Å². The van der Waals surface area contributed by atoms with Gasteiger partial charge >= 0.3 is 5.97 Å². The van der Waals surface area contributed by atoms with Gasteiger partial charge in [-0.15, -0.1) is 16.4 Å². The molecule has 0 aliphatic rings. The number of hydrogen-bond acceptors (Lipinski definition) is 5. The molecule has 0 atom stereocenters. The quantitative estimate of drug-likeness (QED) is 0.929. The van der Waals surface area contributed by atoms with Crippen LogP contribution in [-0.2, 0) is 6.54 Å². The van der Waals surface area contributed by atoms with E-state index >= 15 is 0 Å². The minimum absolute atomic E-state index is 0.00704. The van der Waals surface area contributed by atoms with Crippen LogP contribution in [0.25, 0.3) is 10.6 Å². The zero-order valence-electron chi connectivity index (χ0n) is 11.3. The monoisotopic (exact) mass is 280 g/mol. The third-order valence-electron chi connectivity index (χ3n) is 2.59. The van der Waals surface area contributed by atoms with E-state index in [0.29, 0.717) is 18.2 Å². The van der Waals surface area contributed by atoms with E-state index in [1.807, 2.05) is 13.8 Å². The Morgan fingerprint density at radius 3 is 2.58 bits per heavy atom. The molecule has 7 heteroatoms. The highest BCUT2D eigenvalue weighted by Crippen LogP contribution is 2.31. The second-order valence-electron chi connectivity index (χ2n) is 4.82. The molecule has 19 heavy (non-hydrogen) atoms. The topological polar surface area (TPSA) is 80.9 Å². The normalized spacial score (nSPS) is 11.2. The van der Waals surface area contributed by atoms with Crippen molar-refractivity contribution in [1.29, 1.82) is 0 Å². The maximum absolute atomic E-state index is 11.3. The SMILES string of the molecule is Cc1nc(C)c(-c2c(C(=O)O)nnn2CC(C)C)s1. The van der Waals surface area contributed by atoms with E-state index in [-0.39, 0.29) is 5.69 Å². The van der Waals surface area contributed by atoms with Gasteiger partial charge in [-0.3, -0.25) is 0 Å². The zero-order valence-corrected chi connectivity index (χ0v) is 12.2. The second-order valence-corrected chi connectivity index (χ2v) is 6.02. The van der Waals surface area contributed by atoms with Crippen molar-refractivity contribution in [3.05, 3.63) is 16.4 Å². The number of aryl methyl sites for hydroxylation is 2. The number of aromatic carboxylic acids is 1. The number of nitrogens with zero attached hydrogens (tertiary/aromatic N) is 4. The second kappa shape index (κ2) is 5.08. The summed E-state index contributed by atoms with van der Waals surface area (Å²) in [5.74, 6) is -0.702. The van der Waals surface area contributed by atoms with Crippen LogP contribution in [0.15, 0.2) is 0 Å². The number of hydrogen-bond donors (Lipinski definition) is 1. The smallest absolute Gasteiger partial charge is 0.358 e. The Bertz CT molecular complexity index is 615. The van der Waals surface area contributed by atoms with Gasteiger partial charge in [0.2, 0.25) is 0 Å². The zero-order chi connectivity index (χ0) is 14.2. The van der Waals surface area contributed by atoms with Gasteiger partial charge in [0.1, 0.15) is 5.69 Å².